The quantitative estimate of drug-likeness (QED) is 0.531. The van der Waals surface area contributed by atoms with E-state index in [2.05, 4.69) is 15.2 Å². The molecule has 2 aliphatic rings. The van der Waals surface area contributed by atoms with Gasteiger partial charge in [-0.25, -0.2) is 9.78 Å². The summed E-state index contributed by atoms with van der Waals surface area (Å²) in [5.41, 5.74) is 0. The van der Waals surface area contributed by atoms with Crippen LogP contribution in [0, 0.1) is 0 Å². The fraction of sp³-hybridized carbons (Fsp3) is 0.722. The van der Waals surface area contributed by atoms with Crippen molar-refractivity contribution in [3.05, 3.63) is 6.20 Å². The first kappa shape index (κ1) is 19.5. The number of carbonyl (C=O) groups excluding carboxylic acids is 1. The van der Waals surface area contributed by atoms with Gasteiger partial charge in [0.05, 0.1) is 16.2 Å². The summed E-state index contributed by atoms with van der Waals surface area (Å²) >= 11 is 2.58. The number of nitrogens with one attached hydrogen (secondary N) is 1. The van der Waals surface area contributed by atoms with Crippen molar-refractivity contribution in [3.63, 3.8) is 0 Å². The second-order valence-corrected chi connectivity index (χ2v) is 9.39. The third-order valence-corrected chi connectivity index (χ3v) is 7.30. The molecule has 0 unspecified atom stereocenters. The van der Waals surface area contributed by atoms with Gasteiger partial charge in [-0.05, 0) is 25.7 Å². The molecule has 6 nitrogen and oxygen atoms in total. The highest BCUT2D eigenvalue weighted by Gasteiger charge is 2.33. The smallest absolute Gasteiger partial charge is 0.324 e. The van der Waals surface area contributed by atoms with E-state index in [0.717, 1.165) is 29.9 Å². The van der Waals surface area contributed by atoms with Gasteiger partial charge in [0.25, 0.3) is 0 Å². The highest BCUT2D eigenvalue weighted by Crippen LogP contribution is 2.32. The minimum absolute atomic E-state index is 0.00581. The first-order valence-electron chi connectivity index (χ1n) is 9.53. The van der Waals surface area contributed by atoms with Crippen molar-refractivity contribution < 1.29 is 14.7 Å². The lowest BCUT2D eigenvalue weighted by Gasteiger charge is -2.36. The maximum absolute atomic E-state index is 13.1. The van der Waals surface area contributed by atoms with Gasteiger partial charge >= 0.3 is 12.0 Å². The second-order valence-electron chi connectivity index (χ2n) is 7.09. The van der Waals surface area contributed by atoms with E-state index in [1.165, 1.54) is 61.6 Å². The van der Waals surface area contributed by atoms with Gasteiger partial charge < -0.3 is 10.0 Å². The van der Waals surface area contributed by atoms with E-state index in [1.807, 2.05) is 0 Å². The minimum Gasteiger partial charge on any atom is -0.481 e. The molecule has 0 aliphatic heterocycles. The van der Waals surface area contributed by atoms with Gasteiger partial charge in [-0.3, -0.25) is 10.1 Å². The first-order chi connectivity index (χ1) is 12.6. The summed E-state index contributed by atoms with van der Waals surface area (Å²) in [6, 6.07) is 0.647. The molecule has 2 N–H and O–H groups in total. The van der Waals surface area contributed by atoms with Crippen LogP contribution >= 0.6 is 23.1 Å². The van der Waals surface area contributed by atoms with Gasteiger partial charge in [-0.2, -0.15) is 0 Å². The second kappa shape index (κ2) is 9.60. The van der Waals surface area contributed by atoms with Crippen LogP contribution in [0.1, 0.15) is 64.2 Å². The molecule has 8 heteroatoms. The van der Waals surface area contributed by atoms with E-state index < -0.39 is 5.97 Å². The summed E-state index contributed by atoms with van der Waals surface area (Å²) in [5.74, 6) is -0.846. The number of aliphatic carboxylic acids is 1. The van der Waals surface area contributed by atoms with E-state index in [-0.39, 0.29) is 11.8 Å². The third kappa shape index (κ3) is 5.36. The molecule has 144 valence electrons. The number of hydrogen-bond acceptors (Lipinski definition) is 5. The molecule has 0 saturated heterocycles. The number of urea groups is 1. The molecule has 2 saturated carbocycles. The molecule has 0 radical (unpaired) electrons. The predicted molar refractivity (Wildman–Crippen MR) is 105 cm³/mol. The first-order valence-corrected chi connectivity index (χ1v) is 11.3. The monoisotopic (exact) mass is 397 g/mol. The van der Waals surface area contributed by atoms with Gasteiger partial charge in [-0.1, -0.05) is 49.9 Å². The lowest BCUT2D eigenvalue weighted by Crippen LogP contribution is -2.48. The number of carbonyl (C=O) groups is 2. The van der Waals surface area contributed by atoms with Crippen molar-refractivity contribution in [2.45, 2.75) is 80.5 Å². The molecule has 2 fully saturated rings. The highest BCUT2D eigenvalue weighted by molar-refractivity contribution is 8.01. The van der Waals surface area contributed by atoms with Gasteiger partial charge in [0, 0.05) is 12.1 Å². The van der Waals surface area contributed by atoms with E-state index in [4.69, 9.17) is 5.11 Å². The SMILES string of the molecule is O=C(O)CSc1cnc(NC(=O)N(C2CCCCCC2)C2CCCC2)s1. The number of aromatic nitrogens is 1. The van der Waals surface area contributed by atoms with Crippen LogP contribution in [0.5, 0.6) is 0 Å². The summed E-state index contributed by atoms with van der Waals surface area (Å²) in [7, 11) is 0. The van der Waals surface area contributed by atoms with Crippen molar-refractivity contribution in [1.29, 1.82) is 0 Å². The number of rotatable bonds is 6. The highest BCUT2D eigenvalue weighted by atomic mass is 32.2. The molecule has 1 aromatic rings. The number of amides is 2. The number of thiazole rings is 1. The summed E-state index contributed by atoms with van der Waals surface area (Å²) in [5, 5.41) is 12.3. The fourth-order valence-corrected chi connectivity index (χ4v) is 5.60. The van der Waals surface area contributed by atoms with E-state index in [9.17, 15) is 9.59 Å². The van der Waals surface area contributed by atoms with Crippen molar-refractivity contribution in [2.24, 2.45) is 0 Å². The number of anilines is 1. The Balaban J connectivity index is 1.65. The summed E-state index contributed by atoms with van der Waals surface area (Å²) < 4.78 is 0.810. The zero-order chi connectivity index (χ0) is 18.4. The summed E-state index contributed by atoms with van der Waals surface area (Å²) in [6.45, 7) is 0. The van der Waals surface area contributed by atoms with Crippen molar-refractivity contribution in [3.8, 4) is 0 Å². The molecule has 2 aliphatic carbocycles. The Hall–Kier alpha value is -1.28. The Kier molecular flexibility index (Phi) is 7.19. The van der Waals surface area contributed by atoms with Gasteiger partial charge in [0.15, 0.2) is 5.13 Å². The standard InChI is InChI=1S/C18H27N3O3S2/c22-15(23)12-25-16-11-19-17(26-16)20-18(24)21(14-9-5-6-10-14)13-7-3-1-2-4-8-13/h11,13-14H,1-10,12H2,(H,22,23)(H,19,20,24). The molecular formula is C18H27N3O3S2. The molecule has 0 bridgehead atoms. The molecule has 2 amide bonds. The number of carboxylic acids is 1. The maximum atomic E-state index is 13.1. The van der Waals surface area contributed by atoms with Gasteiger partial charge in [-0.15, -0.1) is 11.8 Å². The van der Waals surface area contributed by atoms with Crippen LogP contribution in [0.25, 0.3) is 0 Å². The Morgan fingerprint density at radius 3 is 2.27 bits per heavy atom. The van der Waals surface area contributed by atoms with Crippen LogP contribution in [-0.4, -0.2) is 44.8 Å². The fourth-order valence-electron chi connectivity index (χ4n) is 4.02. The zero-order valence-corrected chi connectivity index (χ0v) is 16.6. The van der Waals surface area contributed by atoms with Crippen LogP contribution in [0.3, 0.4) is 0 Å². The van der Waals surface area contributed by atoms with Crippen LogP contribution < -0.4 is 5.32 Å². The maximum Gasteiger partial charge on any atom is 0.324 e. The number of thioether (sulfide) groups is 1. The van der Waals surface area contributed by atoms with E-state index in [1.54, 1.807) is 6.20 Å². The van der Waals surface area contributed by atoms with Crippen molar-refractivity contribution in [1.82, 2.24) is 9.88 Å². The molecule has 0 spiro atoms. The average molecular weight is 398 g/mol. The summed E-state index contributed by atoms with van der Waals surface area (Å²) in [6.07, 6.45) is 13.4. The Morgan fingerprint density at radius 2 is 1.69 bits per heavy atom. The molecule has 26 heavy (non-hydrogen) atoms. The topological polar surface area (TPSA) is 82.5 Å². The molecule has 0 atom stereocenters. The van der Waals surface area contributed by atoms with E-state index >= 15 is 0 Å². The number of nitrogens with zero attached hydrogens (tertiary/aromatic N) is 2. The molecule has 0 aromatic carbocycles. The summed E-state index contributed by atoms with van der Waals surface area (Å²) in [4.78, 5) is 30.1. The minimum atomic E-state index is -0.852. The molecule has 1 heterocycles. The zero-order valence-electron chi connectivity index (χ0n) is 15.0. The normalized spacial score (nSPS) is 19.2. The average Bonchev–Trinajstić information content (AvgIpc) is 3.21. The van der Waals surface area contributed by atoms with Crippen LogP contribution in [0.2, 0.25) is 0 Å². The lowest BCUT2D eigenvalue weighted by atomic mass is 10.0. The Morgan fingerprint density at radius 1 is 1.12 bits per heavy atom. The molecule has 1 aromatic heterocycles. The third-order valence-electron chi connectivity index (χ3n) is 5.21. The van der Waals surface area contributed by atoms with E-state index in [0.29, 0.717) is 17.2 Å². The molecular weight excluding hydrogens is 370 g/mol. The largest absolute Gasteiger partial charge is 0.481 e. The van der Waals surface area contributed by atoms with Gasteiger partial charge in [0.1, 0.15) is 0 Å². The Labute approximate surface area is 162 Å². The lowest BCUT2D eigenvalue weighted by molar-refractivity contribution is -0.133. The Bertz CT molecular complexity index is 609. The van der Waals surface area contributed by atoms with Crippen LogP contribution in [-0.2, 0) is 4.79 Å². The van der Waals surface area contributed by atoms with Crippen LogP contribution in [0.4, 0.5) is 9.93 Å². The van der Waals surface area contributed by atoms with Crippen molar-refractivity contribution >= 4 is 40.2 Å². The van der Waals surface area contributed by atoms with Gasteiger partial charge in [0.2, 0.25) is 0 Å². The van der Waals surface area contributed by atoms with Crippen molar-refractivity contribution in [2.75, 3.05) is 11.1 Å². The number of hydrogen-bond donors (Lipinski definition) is 2. The van der Waals surface area contributed by atoms with Crippen LogP contribution in [0.15, 0.2) is 10.4 Å². The number of carboxylic acid groups (broad SMARTS) is 1. The molecule has 3 rings (SSSR count). The predicted octanol–water partition coefficient (Wildman–Crippen LogP) is 4.82.